The summed E-state index contributed by atoms with van der Waals surface area (Å²) in [6, 6.07) is 0. The number of methoxy groups -OCH3 is 1. The molecule has 2 rings (SSSR count). The van der Waals surface area contributed by atoms with Crippen LogP contribution in [0.25, 0.3) is 0 Å². The van der Waals surface area contributed by atoms with Gasteiger partial charge < -0.3 is 14.8 Å². The van der Waals surface area contributed by atoms with Crippen LogP contribution in [0, 0.1) is 0 Å². The fourth-order valence-corrected chi connectivity index (χ4v) is 4.02. The SMILES string of the molecule is COC(=O)c1c(NC(=O)COC(=O)C=C(C)C)sc2c1CCCCC2. The van der Waals surface area contributed by atoms with Crippen LogP contribution in [0.4, 0.5) is 5.00 Å². The highest BCUT2D eigenvalue weighted by atomic mass is 32.1. The maximum absolute atomic E-state index is 12.2. The second kappa shape index (κ2) is 8.80. The number of esters is 2. The van der Waals surface area contributed by atoms with E-state index in [0.717, 1.165) is 48.1 Å². The molecule has 1 N–H and O–H groups in total. The standard InChI is InChI=1S/C18H23NO5S/c1-11(2)9-15(21)24-10-14(20)19-17-16(18(22)23-3)12-7-5-4-6-8-13(12)25-17/h9H,4-8,10H2,1-3H3,(H,19,20). The molecule has 6 nitrogen and oxygen atoms in total. The fraction of sp³-hybridized carbons (Fsp3) is 0.500. The van der Waals surface area contributed by atoms with E-state index in [-0.39, 0.29) is 0 Å². The second-order valence-electron chi connectivity index (χ2n) is 6.14. The molecule has 0 unspecified atom stereocenters. The molecule has 0 fully saturated rings. The summed E-state index contributed by atoms with van der Waals surface area (Å²) in [5.74, 6) is -1.49. The zero-order chi connectivity index (χ0) is 18.4. The van der Waals surface area contributed by atoms with Crippen molar-refractivity contribution in [3.63, 3.8) is 0 Å². The number of thiophene rings is 1. The third-order valence-electron chi connectivity index (χ3n) is 3.82. The van der Waals surface area contributed by atoms with E-state index >= 15 is 0 Å². The average molecular weight is 365 g/mol. The molecule has 1 aromatic heterocycles. The molecule has 0 atom stereocenters. The summed E-state index contributed by atoms with van der Waals surface area (Å²) < 4.78 is 9.79. The van der Waals surface area contributed by atoms with Gasteiger partial charge in [-0.15, -0.1) is 11.3 Å². The van der Waals surface area contributed by atoms with Crippen LogP contribution in [0.5, 0.6) is 0 Å². The number of hydrogen-bond acceptors (Lipinski definition) is 6. The van der Waals surface area contributed by atoms with Crippen LogP contribution in [0.3, 0.4) is 0 Å². The first kappa shape index (κ1) is 19.2. The van der Waals surface area contributed by atoms with Crippen molar-refractivity contribution in [1.29, 1.82) is 0 Å². The Hall–Kier alpha value is -2.15. The number of amides is 1. The van der Waals surface area contributed by atoms with Gasteiger partial charge in [-0.05, 0) is 45.1 Å². The van der Waals surface area contributed by atoms with E-state index in [9.17, 15) is 14.4 Å². The van der Waals surface area contributed by atoms with Gasteiger partial charge in [-0.3, -0.25) is 4.79 Å². The van der Waals surface area contributed by atoms with Gasteiger partial charge in [0.05, 0.1) is 12.7 Å². The van der Waals surface area contributed by atoms with Crippen LogP contribution in [0.2, 0.25) is 0 Å². The zero-order valence-electron chi connectivity index (χ0n) is 14.8. The molecule has 136 valence electrons. The van der Waals surface area contributed by atoms with Gasteiger partial charge in [0, 0.05) is 11.0 Å². The molecule has 0 saturated carbocycles. The van der Waals surface area contributed by atoms with Crippen LogP contribution in [-0.4, -0.2) is 31.6 Å². The lowest BCUT2D eigenvalue weighted by molar-refractivity contribution is -0.142. The van der Waals surface area contributed by atoms with Crippen molar-refractivity contribution in [3.05, 3.63) is 27.7 Å². The van der Waals surface area contributed by atoms with Crippen LogP contribution >= 0.6 is 11.3 Å². The molecule has 1 aliphatic carbocycles. The minimum Gasteiger partial charge on any atom is -0.465 e. The van der Waals surface area contributed by atoms with Crippen LogP contribution in [-0.2, 0) is 31.9 Å². The van der Waals surface area contributed by atoms with Crippen LogP contribution < -0.4 is 5.32 Å². The lowest BCUT2D eigenvalue weighted by atomic mass is 10.1. The molecule has 0 aliphatic heterocycles. The number of ether oxygens (including phenoxy) is 2. The molecule has 0 bridgehead atoms. The maximum atomic E-state index is 12.2. The zero-order valence-corrected chi connectivity index (χ0v) is 15.6. The third-order valence-corrected chi connectivity index (χ3v) is 5.02. The summed E-state index contributed by atoms with van der Waals surface area (Å²) in [4.78, 5) is 36.9. The number of rotatable bonds is 5. The Balaban J connectivity index is 2.13. The number of fused-ring (bicyclic) bond motifs is 1. The summed E-state index contributed by atoms with van der Waals surface area (Å²) in [5.41, 5.74) is 2.21. The van der Waals surface area contributed by atoms with Crippen molar-refractivity contribution < 1.29 is 23.9 Å². The number of anilines is 1. The number of carbonyl (C=O) groups is 3. The summed E-state index contributed by atoms with van der Waals surface area (Å²) in [6.07, 6.45) is 6.24. The molecule has 25 heavy (non-hydrogen) atoms. The van der Waals surface area contributed by atoms with Crippen molar-refractivity contribution in [2.45, 2.75) is 46.0 Å². The Morgan fingerprint density at radius 2 is 1.88 bits per heavy atom. The van der Waals surface area contributed by atoms with Gasteiger partial charge in [0.15, 0.2) is 6.61 Å². The molecule has 0 saturated heterocycles. The van der Waals surface area contributed by atoms with E-state index < -0.39 is 24.5 Å². The Kier molecular flexibility index (Phi) is 6.75. The van der Waals surface area contributed by atoms with Crippen LogP contribution in [0.15, 0.2) is 11.6 Å². The van der Waals surface area contributed by atoms with Gasteiger partial charge in [0.1, 0.15) is 5.00 Å². The van der Waals surface area contributed by atoms with Gasteiger partial charge in [-0.25, -0.2) is 9.59 Å². The van der Waals surface area contributed by atoms with E-state index in [1.165, 1.54) is 24.5 Å². The highest BCUT2D eigenvalue weighted by Gasteiger charge is 2.26. The smallest absolute Gasteiger partial charge is 0.341 e. The average Bonchev–Trinajstić information content (AvgIpc) is 2.73. The lowest BCUT2D eigenvalue weighted by Gasteiger charge is -2.07. The molecule has 1 amide bonds. The van der Waals surface area contributed by atoms with Crippen molar-refractivity contribution in [3.8, 4) is 0 Å². The normalized spacial score (nSPS) is 13.2. The summed E-state index contributed by atoms with van der Waals surface area (Å²) in [6.45, 7) is 3.14. The quantitative estimate of drug-likeness (QED) is 0.492. The van der Waals surface area contributed by atoms with E-state index in [1.807, 2.05) is 0 Å². The molecule has 1 aromatic rings. The first-order valence-electron chi connectivity index (χ1n) is 8.26. The summed E-state index contributed by atoms with van der Waals surface area (Å²) >= 11 is 1.41. The fourth-order valence-electron chi connectivity index (χ4n) is 2.73. The number of hydrogen-bond donors (Lipinski definition) is 1. The number of allylic oxidation sites excluding steroid dienone is 1. The van der Waals surface area contributed by atoms with Gasteiger partial charge in [0.2, 0.25) is 0 Å². The van der Waals surface area contributed by atoms with Gasteiger partial charge in [-0.2, -0.15) is 0 Å². The van der Waals surface area contributed by atoms with Crippen molar-refractivity contribution >= 4 is 34.2 Å². The summed E-state index contributed by atoms with van der Waals surface area (Å²) in [5, 5.41) is 3.17. The van der Waals surface area contributed by atoms with E-state index in [2.05, 4.69) is 5.32 Å². The number of nitrogens with one attached hydrogen (secondary N) is 1. The third kappa shape index (κ3) is 5.16. The molecule has 0 spiro atoms. The molecule has 0 aromatic carbocycles. The predicted molar refractivity (Wildman–Crippen MR) is 95.9 cm³/mol. The first-order chi connectivity index (χ1) is 11.9. The Morgan fingerprint density at radius 3 is 2.56 bits per heavy atom. The van der Waals surface area contributed by atoms with Crippen molar-refractivity contribution in [2.24, 2.45) is 0 Å². The van der Waals surface area contributed by atoms with Gasteiger partial charge in [-0.1, -0.05) is 12.0 Å². The van der Waals surface area contributed by atoms with E-state index in [0.29, 0.717) is 10.6 Å². The minimum absolute atomic E-state index is 0.397. The number of aryl methyl sites for hydroxylation is 1. The van der Waals surface area contributed by atoms with Crippen molar-refractivity contribution in [2.75, 3.05) is 19.0 Å². The highest BCUT2D eigenvalue weighted by molar-refractivity contribution is 7.17. The maximum Gasteiger partial charge on any atom is 0.341 e. The second-order valence-corrected chi connectivity index (χ2v) is 7.24. The lowest BCUT2D eigenvalue weighted by Crippen LogP contribution is -2.21. The monoisotopic (exact) mass is 365 g/mol. The Labute approximate surface area is 151 Å². The predicted octanol–water partition coefficient (Wildman–Crippen LogP) is 3.25. The first-order valence-corrected chi connectivity index (χ1v) is 9.08. The topological polar surface area (TPSA) is 81.7 Å². The largest absolute Gasteiger partial charge is 0.465 e. The highest BCUT2D eigenvalue weighted by Crippen LogP contribution is 2.37. The molecule has 1 heterocycles. The summed E-state index contributed by atoms with van der Waals surface area (Å²) in [7, 11) is 1.33. The molecule has 7 heteroatoms. The molecule has 0 radical (unpaired) electrons. The Bertz CT molecular complexity index is 701. The molecule has 1 aliphatic rings. The molecular formula is C18H23NO5S. The van der Waals surface area contributed by atoms with E-state index in [1.54, 1.807) is 13.8 Å². The van der Waals surface area contributed by atoms with Crippen LogP contribution in [0.1, 0.15) is 53.9 Å². The minimum atomic E-state index is -0.565. The van der Waals surface area contributed by atoms with Gasteiger partial charge in [0.25, 0.3) is 5.91 Å². The molecular weight excluding hydrogens is 342 g/mol. The van der Waals surface area contributed by atoms with Gasteiger partial charge >= 0.3 is 11.9 Å². The number of carbonyl (C=O) groups excluding carboxylic acids is 3. The van der Waals surface area contributed by atoms with Crippen molar-refractivity contribution in [1.82, 2.24) is 0 Å². The van der Waals surface area contributed by atoms with E-state index in [4.69, 9.17) is 9.47 Å². The Morgan fingerprint density at radius 1 is 1.16 bits per heavy atom.